The quantitative estimate of drug-likeness (QED) is 0.934. The summed E-state index contributed by atoms with van der Waals surface area (Å²) in [5.41, 5.74) is 1.88. The number of hydrogen-bond acceptors (Lipinski definition) is 3. The van der Waals surface area contributed by atoms with Crippen molar-refractivity contribution in [2.75, 3.05) is 11.9 Å². The summed E-state index contributed by atoms with van der Waals surface area (Å²) in [5, 5.41) is 11.8. The predicted molar refractivity (Wildman–Crippen MR) is 81.7 cm³/mol. The lowest BCUT2D eigenvalue weighted by atomic mass is 10.1. The molecular weight excluding hydrogens is 288 g/mol. The molecule has 0 aliphatic rings. The Balaban J connectivity index is 2.21. The molecule has 0 spiro atoms. The average Bonchev–Trinajstić information content (AvgIpc) is 2.45. The third kappa shape index (κ3) is 3.98. The maximum Gasteiger partial charge on any atom is 0.255 e. The van der Waals surface area contributed by atoms with Gasteiger partial charge in [0.05, 0.1) is 5.69 Å². The number of carbonyl (C=O) groups is 1. The first-order chi connectivity index (χ1) is 10.1. The minimum absolute atomic E-state index is 0.0802. The van der Waals surface area contributed by atoms with Crippen molar-refractivity contribution >= 4 is 23.2 Å². The summed E-state index contributed by atoms with van der Waals surface area (Å²) < 4.78 is 5.27. The highest BCUT2D eigenvalue weighted by atomic mass is 35.5. The summed E-state index contributed by atoms with van der Waals surface area (Å²) in [6, 6.07) is 14.0. The van der Waals surface area contributed by atoms with Crippen molar-refractivity contribution in [1.82, 2.24) is 0 Å². The van der Waals surface area contributed by atoms with Crippen LogP contribution in [0.25, 0.3) is 0 Å². The Morgan fingerprint density at radius 1 is 1.33 bits per heavy atom. The molecule has 0 aromatic heterocycles. The third-order valence-electron chi connectivity index (χ3n) is 2.73. The summed E-state index contributed by atoms with van der Waals surface area (Å²) >= 11 is 5.96. The molecule has 5 heteroatoms. The standard InChI is InChI=1S/C16H13ClN2O2/c1-11-8-12(10-13(17)9-11)16(20)19-14-4-2-3-5-15(14)21-7-6-18/h2-5,8-10H,7H2,1H3,(H,19,20). The van der Waals surface area contributed by atoms with Crippen molar-refractivity contribution in [3.8, 4) is 11.8 Å². The monoisotopic (exact) mass is 300 g/mol. The van der Waals surface area contributed by atoms with E-state index < -0.39 is 0 Å². The van der Waals surface area contributed by atoms with E-state index in [1.807, 2.05) is 13.0 Å². The molecule has 2 rings (SSSR count). The van der Waals surface area contributed by atoms with Crippen LogP contribution < -0.4 is 10.1 Å². The van der Waals surface area contributed by atoms with Gasteiger partial charge in [-0.25, -0.2) is 0 Å². The van der Waals surface area contributed by atoms with E-state index in [9.17, 15) is 4.79 Å². The average molecular weight is 301 g/mol. The van der Waals surface area contributed by atoms with Crippen LogP contribution in [0.5, 0.6) is 5.75 Å². The van der Waals surface area contributed by atoms with E-state index in [4.69, 9.17) is 21.6 Å². The van der Waals surface area contributed by atoms with Crippen LogP contribution in [0.15, 0.2) is 42.5 Å². The third-order valence-corrected chi connectivity index (χ3v) is 2.95. The lowest BCUT2D eigenvalue weighted by Crippen LogP contribution is -2.13. The van der Waals surface area contributed by atoms with Crippen molar-refractivity contribution < 1.29 is 9.53 Å². The molecule has 1 N–H and O–H groups in total. The number of amides is 1. The number of carbonyl (C=O) groups excluding carboxylic acids is 1. The number of nitrogens with zero attached hydrogens (tertiary/aromatic N) is 1. The number of benzene rings is 2. The summed E-state index contributed by atoms with van der Waals surface area (Å²) in [5.74, 6) is 0.166. The molecule has 21 heavy (non-hydrogen) atoms. The van der Waals surface area contributed by atoms with Crippen molar-refractivity contribution in [1.29, 1.82) is 5.26 Å². The second kappa shape index (κ2) is 6.78. The number of aryl methyl sites for hydroxylation is 1. The number of ether oxygens (including phenoxy) is 1. The van der Waals surface area contributed by atoms with Crippen LogP contribution in [0.1, 0.15) is 15.9 Å². The Labute approximate surface area is 127 Å². The van der Waals surface area contributed by atoms with Gasteiger partial charge >= 0.3 is 0 Å². The largest absolute Gasteiger partial charge is 0.477 e. The molecule has 0 fully saturated rings. The van der Waals surface area contributed by atoms with E-state index in [0.29, 0.717) is 22.0 Å². The minimum Gasteiger partial charge on any atom is -0.477 e. The normalized spacial score (nSPS) is 9.76. The van der Waals surface area contributed by atoms with Crippen LogP contribution >= 0.6 is 11.6 Å². The molecule has 0 radical (unpaired) electrons. The second-order valence-corrected chi connectivity index (χ2v) is 4.85. The zero-order valence-electron chi connectivity index (χ0n) is 11.4. The molecule has 0 aliphatic carbocycles. The second-order valence-electron chi connectivity index (χ2n) is 4.41. The number of para-hydroxylation sites is 2. The zero-order chi connectivity index (χ0) is 15.2. The van der Waals surface area contributed by atoms with Gasteiger partial charge in [0, 0.05) is 10.6 Å². The van der Waals surface area contributed by atoms with Crippen LogP contribution in [0.3, 0.4) is 0 Å². The number of hydrogen-bond donors (Lipinski definition) is 1. The molecule has 0 unspecified atom stereocenters. The SMILES string of the molecule is Cc1cc(Cl)cc(C(=O)Nc2ccccc2OCC#N)c1. The van der Waals surface area contributed by atoms with Crippen LogP contribution in [-0.2, 0) is 0 Å². The van der Waals surface area contributed by atoms with Gasteiger partial charge in [-0.15, -0.1) is 0 Å². The van der Waals surface area contributed by atoms with Gasteiger partial charge in [0.2, 0.25) is 0 Å². The van der Waals surface area contributed by atoms with E-state index in [1.54, 1.807) is 42.5 Å². The Hall–Kier alpha value is -2.51. The lowest BCUT2D eigenvalue weighted by Gasteiger charge is -2.11. The number of nitriles is 1. The fourth-order valence-electron chi connectivity index (χ4n) is 1.87. The van der Waals surface area contributed by atoms with E-state index in [1.165, 1.54) is 0 Å². The first kappa shape index (κ1) is 14.9. The molecule has 2 aromatic rings. The van der Waals surface area contributed by atoms with Crippen molar-refractivity contribution in [3.63, 3.8) is 0 Å². The van der Waals surface area contributed by atoms with Crippen molar-refractivity contribution in [3.05, 3.63) is 58.6 Å². The topological polar surface area (TPSA) is 62.1 Å². The van der Waals surface area contributed by atoms with Crippen LogP contribution in [-0.4, -0.2) is 12.5 Å². The molecule has 0 saturated carbocycles. The highest BCUT2D eigenvalue weighted by Gasteiger charge is 2.10. The fourth-order valence-corrected chi connectivity index (χ4v) is 2.16. The van der Waals surface area contributed by atoms with Crippen molar-refractivity contribution in [2.45, 2.75) is 6.92 Å². The minimum atomic E-state index is -0.284. The maximum atomic E-state index is 12.3. The highest BCUT2D eigenvalue weighted by molar-refractivity contribution is 6.31. The first-order valence-corrected chi connectivity index (χ1v) is 6.65. The van der Waals surface area contributed by atoms with Gasteiger partial charge in [-0.3, -0.25) is 4.79 Å². The Kier molecular flexibility index (Phi) is 4.81. The molecule has 0 heterocycles. The molecule has 106 valence electrons. The van der Waals surface area contributed by atoms with Gasteiger partial charge in [-0.1, -0.05) is 23.7 Å². The Morgan fingerprint density at radius 3 is 2.81 bits per heavy atom. The Bertz CT molecular complexity index is 687. The van der Waals surface area contributed by atoms with Crippen LogP contribution in [0, 0.1) is 18.3 Å². The number of halogens is 1. The Morgan fingerprint density at radius 2 is 2.10 bits per heavy atom. The molecule has 4 nitrogen and oxygen atoms in total. The molecular formula is C16H13ClN2O2. The van der Waals surface area contributed by atoms with Crippen molar-refractivity contribution in [2.24, 2.45) is 0 Å². The first-order valence-electron chi connectivity index (χ1n) is 6.27. The van der Waals surface area contributed by atoms with Crippen LogP contribution in [0.4, 0.5) is 5.69 Å². The molecule has 1 amide bonds. The van der Waals surface area contributed by atoms with E-state index in [2.05, 4.69) is 5.32 Å². The maximum absolute atomic E-state index is 12.3. The van der Waals surface area contributed by atoms with Gasteiger partial charge in [-0.2, -0.15) is 5.26 Å². The smallest absolute Gasteiger partial charge is 0.255 e. The summed E-state index contributed by atoms with van der Waals surface area (Å²) in [4.78, 5) is 12.3. The molecule has 0 atom stereocenters. The van der Waals surface area contributed by atoms with Gasteiger partial charge < -0.3 is 10.1 Å². The summed E-state index contributed by atoms with van der Waals surface area (Å²) in [6.45, 7) is 1.79. The van der Waals surface area contributed by atoms with E-state index in [-0.39, 0.29) is 12.5 Å². The van der Waals surface area contributed by atoms with E-state index in [0.717, 1.165) is 5.56 Å². The van der Waals surface area contributed by atoms with Gasteiger partial charge in [0.15, 0.2) is 6.61 Å². The lowest BCUT2D eigenvalue weighted by molar-refractivity contribution is 0.102. The van der Waals surface area contributed by atoms with Gasteiger partial charge in [0.1, 0.15) is 11.8 Å². The number of anilines is 1. The number of rotatable bonds is 4. The summed E-state index contributed by atoms with van der Waals surface area (Å²) in [6.07, 6.45) is 0. The molecule has 2 aromatic carbocycles. The van der Waals surface area contributed by atoms with E-state index >= 15 is 0 Å². The summed E-state index contributed by atoms with van der Waals surface area (Å²) in [7, 11) is 0. The fraction of sp³-hybridized carbons (Fsp3) is 0.125. The number of nitrogens with one attached hydrogen (secondary N) is 1. The highest BCUT2D eigenvalue weighted by Crippen LogP contribution is 2.25. The predicted octanol–water partition coefficient (Wildman–Crippen LogP) is 3.80. The molecule has 0 saturated heterocycles. The van der Waals surface area contributed by atoms with Crippen LogP contribution in [0.2, 0.25) is 5.02 Å². The zero-order valence-corrected chi connectivity index (χ0v) is 12.1. The molecule has 0 aliphatic heterocycles. The molecule has 0 bridgehead atoms. The van der Waals surface area contributed by atoms with Gasteiger partial charge in [-0.05, 0) is 42.8 Å². The van der Waals surface area contributed by atoms with Gasteiger partial charge in [0.25, 0.3) is 5.91 Å².